The Balaban J connectivity index is 1.39. The summed E-state index contributed by atoms with van der Waals surface area (Å²) in [6, 6.07) is 7.34. The molecular weight excluding hydrogens is 316 g/mol. The highest BCUT2D eigenvalue weighted by atomic mass is 16.5. The molecule has 1 aromatic rings. The van der Waals surface area contributed by atoms with Crippen molar-refractivity contribution in [3.8, 4) is 0 Å². The van der Waals surface area contributed by atoms with Gasteiger partial charge < -0.3 is 15.4 Å². The zero-order valence-electron chi connectivity index (χ0n) is 15.0. The van der Waals surface area contributed by atoms with Gasteiger partial charge in [0.05, 0.1) is 12.3 Å². The van der Waals surface area contributed by atoms with Crippen LogP contribution in [0.4, 0.5) is 16.2 Å². The van der Waals surface area contributed by atoms with Crippen LogP contribution in [0.15, 0.2) is 18.2 Å². The van der Waals surface area contributed by atoms with Crippen LogP contribution in [0.5, 0.6) is 0 Å². The third kappa shape index (κ3) is 3.46. The first-order valence-corrected chi connectivity index (χ1v) is 9.45. The Morgan fingerprint density at radius 3 is 2.72 bits per heavy atom. The summed E-state index contributed by atoms with van der Waals surface area (Å²) >= 11 is 0. The standard InChI is InChI=1S/C19H28N4O2/c1-14-17(3-2-4-18(14)23-11-8-20-19(23)24)21-15-5-9-22(10-6-15)16-7-12-25-13-16/h2-4,15-16,21H,5-13H2,1H3,(H,20,24). The number of nitrogens with zero attached hydrogens (tertiary/aromatic N) is 2. The van der Waals surface area contributed by atoms with E-state index >= 15 is 0 Å². The number of urea groups is 1. The van der Waals surface area contributed by atoms with Gasteiger partial charge in [0.25, 0.3) is 0 Å². The summed E-state index contributed by atoms with van der Waals surface area (Å²) in [5.41, 5.74) is 3.33. The van der Waals surface area contributed by atoms with Crippen LogP contribution in [-0.2, 0) is 4.74 Å². The van der Waals surface area contributed by atoms with Gasteiger partial charge in [-0.15, -0.1) is 0 Å². The second-order valence-corrected chi connectivity index (χ2v) is 7.31. The normalized spacial score (nSPS) is 25.4. The van der Waals surface area contributed by atoms with Crippen molar-refractivity contribution in [3.05, 3.63) is 23.8 Å². The molecule has 3 fully saturated rings. The number of likely N-dealkylation sites (tertiary alicyclic amines) is 1. The molecule has 136 valence electrons. The van der Waals surface area contributed by atoms with Gasteiger partial charge in [-0.3, -0.25) is 9.80 Å². The fraction of sp³-hybridized carbons (Fsp3) is 0.632. The first kappa shape index (κ1) is 16.7. The van der Waals surface area contributed by atoms with Crippen molar-refractivity contribution in [3.63, 3.8) is 0 Å². The average Bonchev–Trinajstić information content (AvgIpc) is 3.29. The molecule has 3 heterocycles. The maximum Gasteiger partial charge on any atom is 0.322 e. The van der Waals surface area contributed by atoms with Crippen LogP contribution in [0.3, 0.4) is 0 Å². The van der Waals surface area contributed by atoms with Gasteiger partial charge >= 0.3 is 6.03 Å². The molecule has 0 saturated carbocycles. The number of anilines is 2. The second kappa shape index (κ2) is 7.22. The molecule has 6 nitrogen and oxygen atoms in total. The van der Waals surface area contributed by atoms with Gasteiger partial charge in [-0.05, 0) is 43.9 Å². The quantitative estimate of drug-likeness (QED) is 0.879. The van der Waals surface area contributed by atoms with Crippen molar-refractivity contribution in [2.75, 3.05) is 49.6 Å². The van der Waals surface area contributed by atoms with Crippen LogP contribution in [0, 0.1) is 6.92 Å². The second-order valence-electron chi connectivity index (χ2n) is 7.31. The Bertz CT molecular complexity index is 622. The summed E-state index contributed by atoms with van der Waals surface area (Å²) in [6.45, 7) is 7.66. The topological polar surface area (TPSA) is 56.8 Å². The van der Waals surface area contributed by atoms with Crippen LogP contribution >= 0.6 is 0 Å². The summed E-state index contributed by atoms with van der Waals surface area (Å²) in [4.78, 5) is 16.4. The summed E-state index contributed by atoms with van der Waals surface area (Å²) < 4.78 is 5.52. The van der Waals surface area contributed by atoms with Crippen molar-refractivity contribution in [2.45, 2.75) is 38.3 Å². The van der Waals surface area contributed by atoms with E-state index in [-0.39, 0.29) is 6.03 Å². The van der Waals surface area contributed by atoms with E-state index in [1.807, 2.05) is 17.0 Å². The Hall–Kier alpha value is -1.79. The van der Waals surface area contributed by atoms with E-state index in [9.17, 15) is 4.79 Å². The fourth-order valence-corrected chi connectivity index (χ4v) is 4.21. The smallest absolute Gasteiger partial charge is 0.322 e. The largest absolute Gasteiger partial charge is 0.382 e. The molecule has 1 aromatic carbocycles. The number of rotatable bonds is 4. The SMILES string of the molecule is Cc1c(NC2CCN(C3CCOC3)CC2)cccc1N1CCNC1=O. The van der Waals surface area contributed by atoms with Crippen molar-refractivity contribution >= 4 is 17.4 Å². The summed E-state index contributed by atoms with van der Waals surface area (Å²) in [5, 5.41) is 6.60. The minimum Gasteiger partial charge on any atom is -0.382 e. The van der Waals surface area contributed by atoms with Gasteiger partial charge in [-0.1, -0.05) is 6.07 Å². The lowest BCUT2D eigenvalue weighted by molar-refractivity contribution is 0.124. The molecule has 0 aliphatic carbocycles. The third-order valence-corrected chi connectivity index (χ3v) is 5.76. The van der Waals surface area contributed by atoms with E-state index in [2.05, 4.69) is 28.5 Å². The minimum absolute atomic E-state index is 0.00680. The van der Waals surface area contributed by atoms with Gasteiger partial charge in [0.15, 0.2) is 0 Å². The molecule has 0 aromatic heterocycles. The number of benzene rings is 1. The van der Waals surface area contributed by atoms with E-state index in [1.54, 1.807) is 0 Å². The van der Waals surface area contributed by atoms with E-state index in [4.69, 9.17) is 4.74 Å². The van der Waals surface area contributed by atoms with Crippen molar-refractivity contribution in [2.24, 2.45) is 0 Å². The predicted octanol–water partition coefficient (Wildman–Crippen LogP) is 2.19. The maximum absolute atomic E-state index is 12.0. The molecule has 0 bridgehead atoms. The van der Waals surface area contributed by atoms with E-state index < -0.39 is 0 Å². The molecule has 3 saturated heterocycles. The van der Waals surface area contributed by atoms with Crippen LogP contribution in [-0.4, -0.2) is 62.4 Å². The molecule has 2 N–H and O–H groups in total. The van der Waals surface area contributed by atoms with Crippen LogP contribution < -0.4 is 15.5 Å². The number of carbonyl (C=O) groups excluding carboxylic acids is 1. The number of hydrogen-bond acceptors (Lipinski definition) is 4. The molecule has 0 spiro atoms. The molecule has 25 heavy (non-hydrogen) atoms. The number of nitrogens with one attached hydrogen (secondary N) is 2. The lowest BCUT2D eigenvalue weighted by Gasteiger charge is -2.36. The molecule has 3 aliphatic heterocycles. The van der Waals surface area contributed by atoms with E-state index in [1.165, 1.54) is 6.42 Å². The van der Waals surface area contributed by atoms with E-state index in [0.29, 0.717) is 12.1 Å². The highest BCUT2D eigenvalue weighted by Crippen LogP contribution is 2.29. The Kier molecular flexibility index (Phi) is 4.81. The average molecular weight is 344 g/mol. The van der Waals surface area contributed by atoms with Crippen LogP contribution in [0.25, 0.3) is 0 Å². The van der Waals surface area contributed by atoms with Crippen LogP contribution in [0.2, 0.25) is 0 Å². The number of amides is 2. The van der Waals surface area contributed by atoms with Gasteiger partial charge in [0.1, 0.15) is 0 Å². The minimum atomic E-state index is 0.00680. The van der Waals surface area contributed by atoms with E-state index in [0.717, 1.165) is 69.2 Å². The molecule has 1 unspecified atom stereocenters. The molecule has 6 heteroatoms. The van der Waals surface area contributed by atoms with Crippen molar-refractivity contribution in [1.29, 1.82) is 0 Å². The highest BCUT2D eigenvalue weighted by Gasteiger charge is 2.28. The number of ether oxygens (including phenoxy) is 1. The molecule has 2 amide bonds. The van der Waals surface area contributed by atoms with Crippen molar-refractivity contribution < 1.29 is 9.53 Å². The van der Waals surface area contributed by atoms with Gasteiger partial charge in [-0.25, -0.2) is 4.79 Å². The summed E-state index contributed by atoms with van der Waals surface area (Å²) in [5.74, 6) is 0. The lowest BCUT2D eigenvalue weighted by atomic mass is 10.0. The highest BCUT2D eigenvalue weighted by molar-refractivity contribution is 5.95. The van der Waals surface area contributed by atoms with Gasteiger partial charge in [0.2, 0.25) is 0 Å². The number of piperidine rings is 1. The van der Waals surface area contributed by atoms with Gasteiger partial charge in [0, 0.05) is 50.6 Å². The third-order valence-electron chi connectivity index (χ3n) is 5.76. The van der Waals surface area contributed by atoms with Crippen LogP contribution in [0.1, 0.15) is 24.8 Å². The molecular formula is C19H28N4O2. The first-order chi connectivity index (χ1) is 12.2. The zero-order chi connectivity index (χ0) is 17.2. The molecule has 3 aliphatic rings. The van der Waals surface area contributed by atoms with Crippen molar-refractivity contribution in [1.82, 2.24) is 10.2 Å². The number of carbonyl (C=O) groups is 1. The van der Waals surface area contributed by atoms with Gasteiger partial charge in [-0.2, -0.15) is 0 Å². The summed E-state index contributed by atoms with van der Waals surface area (Å²) in [7, 11) is 0. The fourth-order valence-electron chi connectivity index (χ4n) is 4.21. The Morgan fingerprint density at radius 1 is 1.20 bits per heavy atom. The Morgan fingerprint density at radius 2 is 2.04 bits per heavy atom. The monoisotopic (exact) mass is 344 g/mol. The first-order valence-electron chi connectivity index (χ1n) is 9.45. The zero-order valence-corrected chi connectivity index (χ0v) is 15.0. The molecule has 4 rings (SSSR count). The molecule has 1 atom stereocenters. The Labute approximate surface area is 149 Å². The number of hydrogen-bond donors (Lipinski definition) is 2. The summed E-state index contributed by atoms with van der Waals surface area (Å²) in [6.07, 6.45) is 3.49. The predicted molar refractivity (Wildman–Crippen MR) is 99.4 cm³/mol. The maximum atomic E-state index is 12.0. The lowest BCUT2D eigenvalue weighted by Crippen LogP contribution is -2.44. The molecule has 0 radical (unpaired) electrons.